The van der Waals surface area contributed by atoms with Gasteiger partial charge in [-0.15, -0.1) is 0 Å². The molecule has 0 spiro atoms. The summed E-state index contributed by atoms with van der Waals surface area (Å²) in [5.41, 5.74) is 2.15. The average molecular weight is 260 g/mol. The molecule has 1 N–H and O–H groups in total. The van der Waals surface area contributed by atoms with Crippen LogP contribution in [0.25, 0.3) is 6.08 Å². The van der Waals surface area contributed by atoms with E-state index in [1.165, 1.54) is 6.92 Å². The van der Waals surface area contributed by atoms with Gasteiger partial charge in [0.1, 0.15) is 5.75 Å². The summed E-state index contributed by atoms with van der Waals surface area (Å²) in [6.07, 6.45) is 3.57. The maximum Gasteiger partial charge on any atom is 0.341 e. The zero-order chi connectivity index (χ0) is 14.4. The van der Waals surface area contributed by atoms with E-state index in [2.05, 4.69) is 6.58 Å². The van der Waals surface area contributed by atoms with Gasteiger partial charge >= 0.3 is 5.97 Å². The molecule has 100 valence electrons. The maximum absolute atomic E-state index is 11.4. The van der Waals surface area contributed by atoms with E-state index in [4.69, 9.17) is 9.84 Å². The second-order valence-electron chi connectivity index (χ2n) is 4.09. The first kappa shape index (κ1) is 14.7. The lowest BCUT2D eigenvalue weighted by Crippen LogP contribution is -2.11. The van der Waals surface area contributed by atoms with Gasteiger partial charge in [0, 0.05) is 0 Å². The molecular weight excluding hydrogens is 244 g/mol. The summed E-state index contributed by atoms with van der Waals surface area (Å²) >= 11 is 0. The molecule has 0 aliphatic carbocycles. The minimum Gasteiger partial charge on any atom is -0.481 e. The molecule has 0 heterocycles. The Morgan fingerprint density at radius 1 is 1.37 bits per heavy atom. The molecule has 0 aliphatic heterocycles. The van der Waals surface area contributed by atoms with Crippen LogP contribution in [0.5, 0.6) is 5.75 Å². The SMILES string of the molecule is C=CC(C)=Cc1ccc(C(C)=O)c(OCC(=O)O)c1. The predicted molar refractivity (Wildman–Crippen MR) is 73.4 cm³/mol. The van der Waals surface area contributed by atoms with Gasteiger partial charge in [-0.3, -0.25) is 4.79 Å². The molecule has 0 unspecified atom stereocenters. The third-order valence-corrected chi connectivity index (χ3v) is 2.45. The smallest absolute Gasteiger partial charge is 0.341 e. The van der Waals surface area contributed by atoms with E-state index in [0.717, 1.165) is 11.1 Å². The lowest BCUT2D eigenvalue weighted by molar-refractivity contribution is -0.139. The Bertz CT molecular complexity index is 541. The summed E-state index contributed by atoms with van der Waals surface area (Å²) in [6, 6.07) is 5.05. The molecule has 0 aliphatic rings. The highest BCUT2D eigenvalue weighted by Crippen LogP contribution is 2.22. The number of ketones is 1. The van der Waals surface area contributed by atoms with Crippen molar-refractivity contribution >= 4 is 17.8 Å². The summed E-state index contributed by atoms with van der Waals surface area (Å²) in [6.45, 7) is 6.48. The maximum atomic E-state index is 11.4. The van der Waals surface area contributed by atoms with Crippen LogP contribution in [-0.4, -0.2) is 23.5 Å². The number of carbonyl (C=O) groups is 2. The Labute approximate surface area is 112 Å². The Hall–Kier alpha value is -2.36. The molecule has 0 amide bonds. The second-order valence-corrected chi connectivity index (χ2v) is 4.09. The first-order chi connectivity index (χ1) is 8.93. The molecule has 19 heavy (non-hydrogen) atoms. The number of rotatable bonds is 6. The monoisotopic (exact) mass is 260 g/mol. The van der Waals surface area contributed by atoms with Crippen molar-refractivity contribution < 1.29 is 19.4 Å². The van der Waals surface area contributed by atoms with E-state index in [1.807, 2.05) is 13.0 Å². The third-order valence-electron chi connectivity index (χ3n) is 2.45. The van der Waals surface area contributed by atoms with Crippen molar-refractivity contribution in [2.24, 2.45) is 0 Å². The van der Waals surface area contributed by atoms with Crippen molar-refractivity contribution in [2.75, 3.05) is 6.61 Å². The molecule has 4 nitrogen and oxygen atoms in total. The Kier molecular flexibility index (Phi) is 5.06. The normalized spacial score (nSPS) is 10.9. The first-order valence-corrected chi connectivity index (χ1v) is 5.74. The highest BCUT2D eigenvalue weighted by molar-refractivity contribution is 5.97. The summed E-state index contributed by atoms with van der Waals surface area (Å²) in [7, 11) is 0. The lowest BCUT2D eigenvalue weighted by Gasteiger charge is -2.09. The number of ether oxygens (including phenoxy) is 1. The van der Waals surface area contributed by atoms with Gasteiger partial charge in [-0.05, 0) is 31.5 Å². The van der Waals surface area contributed by atoms with Crippen LogP contribution >= 0.6 is 0 Å². The molecule has 1 aromatic rings. The fraction of sp³-hybridized carbons (Fsp3) is 0.200. The van der Waals surface area contributed by atoms with Crippen LogP contribution in [0.1, 0.15) is 29.8 Å². The molecule has 4 heteroatoms. The van der Waals surface area contributed by atoms with Crippen LogP contribution in [-0.2, 0) is 4.79 Å². The van der Waals surface area contributed by atoms with Crippen molar-refractivity contribution in [2.45, 2.75) is 13.8 Å². The second kappa shape index (κ2) is 6.54. The third kappa shape index (κ3) is 4.43. The van der Waals surface area contributed by atoms with E-state index in [0.29, 0.717) is 5.56 Å². The van der Waals surface area contributed by atoms with Gasteiger partial charge in [-0.2, -0.15) is 0 Å². The zero-order valence-corrected chi connectivity index (χ0v) is 11.0. The van der Waals surface area contributed by atoms with Crippen LogP contribution in [0.2, 0.25) is 0 Å². The van der Waals surface area contributed by atoms with Gasteiger partial charge in [-0.1, -0.05) is 30.4 Å². The van der Waals surface area contributed by atoms with Crippen LogP contribution in [0.3, 0.4) is 0 Å². The predicted octanol–water partition coefficient (Wildman–Crippen LogP) is 2.94. The number of benzene rings is 1. The van der Waals surface area contributed by atoms with E-state index in [-0.39, 0.29) is 11.5 Å². The lowest BCUT2D eigenvalue weighted by atomic mass is 10.1. The van der Waals surface area contributed by atoms with Crippen molar-refractivity contribution in [1.82, 2.24) is 0 Å². The summed E-state index contributed by atoms with van der Waals surface area (Å²) in [5, 5.41) is 8.62. The Morgan fingerprint density at radius 3 is 2.58 bits per heavy atom. The number of carboxylic acids is 1. The minimum atomic E-state index is -1.09. The fourth-order valence-corrected chi connectivity index (χ4v) is 1.50. The number of carboxylic acid groups (broad SMARTS) is 1. The van der Waals surface area contributed by atoms with Gasteiger partial charge in [0.2, 0.25) is 0 Å². The van der Waals surface area contributed by atoms with Crippen LogP contribution < -0.4 is 4.74 Å². The van der Waals surface area contributed by atoms with Gasteiger partial charge in [-0.25, -0.2) is 4.79 Å². The highest BCUT2D eigenvalue weighted by Gasteiger charge is 2.10. The molecule has 1 rings (SSSR count). The molecule has 0 aromatic heterocycles. The fourth-order valence-electron chi connectivity index (χ4n) is 1.50. The number of aliphatic carboxylic acids is 1. The van der Waals surface area contributed by atoms with Crippen molar-refractivity contribution in [1.29, 1.82) is 0 Å². The van der Waals surface area contributed by atoms with Crippen LogP contribution in [0.4, 0.5) is 0 Å². The van der Waals surface area contributed by atoms with E-state index in [1.54, 1.807) is 24.3 Å². The number of hydrogen-bond donors (Lipinski definition) is 1. The standard InChI is InChI=1S/C15H16O4/c1-4-10(2)7-12-5-6-13(11(3)16)14(8-12)19-9-15(17)18/h4-8H,1,9H2,2-3H3,(H,17,18). The Balaban J connectivity index is 3.14. The van der Waals surface area contributed by atoms with Gasteiger partial charge in [0.15, 0.2) is 12.4 Å². The topological polar surface area (TPSA) is 63.6 Å². The Morgan fingerprint density at radius 2 is 2.05 bits per heavy atom. The van der Waals surface area contributed by atoms with Crippen molar-refractivity contribution in [3.63, 3.8) is 0 Å². The largest absolute Gasteiger partial charge is 0.481 e. The molecule has 0 saturated heterocycles. The quantitative estimate of drug-likeness (QED) is 0.631. The molecular formula is C15H16O4. The molecule has 0 fully saturated rings. The van der Waals surface area contributed by atoms with E-state index >= 15 is 0 Å². The molecule has 1 aromatic carbocycles. The van der Waals surface area contributed by atoms with Gasteiger partial charge in [0.05, 0.1) is 5.56 Å². The molecule has 0 saturated carbocycles. The molecule has 0 radical (unpaired) electrons. The number of allylic oxidation sites excluding steroid dienone is 2. The summed E-state index contributed by atoms with van der Waals surface area (Å²) in [4.78, 5) is 22.0. The first-order valence-electron chi connectivity index (χ1n) is 5.74. The zero-order valence-electron chi connectivity index (χ0n) is 11.0. The van der Waals surface area contributed by atoms with Gasteiger partial charge < -0.3 is 9.84 Å². The van der Waals surface area contributed by atoms with E-state index in [9.17, 15) is 9.59 Å². The minimum absolute atomic E-state index is 0.170. The number of Topliss-reactive ketones (excluding diaryl/α,β-unsaturated/α-hetero) is 1. The highest BCUT2D eigenvalue weighted by atomic mass is 16.5. The number of carbonyl (C=O) groups excluding carboxylic acids is 1. The number of hydrogen-bond acceptors (Lipinski definition) is 3. The van der Waals surface area contributed by atoms with Crippen molar-refractivity contribution in [3.05, 3.63) is 47.6 Å². The average Bonchev–Trinajstić information content (AvgIpc) is 2.36. The van der Waals surface area contributed by atoms with Crippen molar-refractivity contribution in [3.8, 4) is 5.75 Å². The molecule has 0 atom stereocenters. The van der Waals surface area contributed by atoms with Crippen LogP contribution in [0.15, 0.2) is 36.4 Å². The summed E-state index contributed by atoms with van der Waals surface area (Å²) < 4.78 is 5.14. The molecule has 0 bridgehead atoms. The summed E-state index contributed by atoms with van der Waals surface area (Å²) in [5.74, 6) is -0.977. The van der Waals surface area contributed by atoms with Gasteiger partial charge in [0.25, 0.3) is 0 Å². The van der Waals surface area contributed by atoms with Crippen LogP contribution in [0, 0.1) is 0 Å². The van der Waals surface area contributed by atoms with E-state index < -0.39 is 12.6 Å².